The first-order chi connectivity index (χ1) is 11.7. The second-order valence-electron chi connectivity index (χ2n) is 5.90. The zero-order valence-corrected chi connectivity index (χ0v) is 13.7. The van der Waals surface area contributed by atoms with E-state index in [1.165, 1.54) is 12.1 Å². The fourth-order valence-electron chi connectivity index (χ4n) is 2.95. The predicted molar refractivity (Wildman–Crippen MR) is 93.0 cm³/mol. The smallest absolute Gasteiger partial charge is 0.258 e. The minimum Gasteiger partial charge on any atom is -0.381 e. The van der Waals surface area contributed by atoms with Crippen LogP contribution in [0.3, 0.4) is 0 Å². The first-order valence-electron chi connectivity index (χ1n) is 8.11. The van der Waals surface area contributed by atoms with Crippen LogP contribution in [-0.2, 0) is 4.74 Å². The molecule has 1 aliphatic rings. The van der Waals surface area contributed by atoms with Gasteiger partial charge in [-0.1, -0.05) is 12.1 Å². The molecule has 0 atom stereocenters. The number of carbonyl (C=O) groups is 1. The van der Waals surface area contributed by atoms with E-state index < -0.39 is 11.7 Å². The molecule has 0 radical (unpaired) electrons. The number of nitrogens with one attached hydrogen (secondary N) is 1. The first kappa shape index (κ1) is 16.5. The molecule has 0 aromatic heterocycles. The van der Waals surface area contributed by atoms with Crippen LogP contribution in [0.25, 0.3) is 0 Å². The maximum atomic E-state index is 13.6. The summed E-state index contributed by atoms with van der Waals surface area (Å²) in [5.41, 5.74) is 1.82. The van der Waals surface area contributed by atoms with Crippen LogP contribution in [0.5, 0.6) is 0 Å². The molecule has 126 valence electrons. The molecule has 1 heterocycles. The molecule has 2 aromatic rings. The van der Waals surface area contributed by atoms with Crippen LogP contribution in [0, 0.1) is 5.82 Å². The molecule has 24 heavy (non-hydrogen) atoms. The van der Waals surface area contributed by atoms with Crippen LogP contribution < -0.4 is 10.2 Å². The molecule has 3 rings (SSSR count). The van der Waals surface area contributed by atoms with Crippen molar-refractivity contribution in [2.45, 2.75) is 18.9 Å². The molecular formula is C19H21FN2O2. The molecule has 4 nitrogen and oxygen atoms in total. The Kier molecular flexibility index (Phi) is 5.11. The van der Waals surface area contributed by atoms with Crippen molar-refractivity contribution in [1.29, 1.82) is 0 Å². The maximum absolute atomic E-state index is 13.6. The average Bonchev–Trinajstić information content (AvgIpc) is 2.63. The van der Waals surface area contributed by atoms with Gasteiger partial charge < -0.3 is 15.0 Å². The third-order valence-electron chi connectivity index (χ3n) is 4.38. The van der Waals surface area contributed by atoms with Crippen LogP contribution in [0.1, 0.15) is 23.2 Å². The largest absolute Gasteiger partial charge is 0.381 e. The minimum absolute atomic E-state index is 0.0446. The number of halogens is 1. The van der Waals surface area contributed by atoms with E-state index in [1.54, 1.807) is 19.2 Å². The van der Waals surface area contributed by atoms with E-state index in [9.17, 15) is 9.18 Å². The van der Waals surface area contributed by atoms with E-state index in [0.717, 1.165) is 31.6 Å². The van der Waals surface area contributed by atoms with E-state index in [-0.39, 0.29) is 5.56 Å². The monoisotopic (exact) mass is 328 g/mol. The van der Waals surface area contributed by atoms with E-state index in [1.807, 2.05) is 24.3 Å². The number of nitrogens with zero attached hydrogens (tertiary/aromatic N) is 1. The SMILES string of the molecule is COC1CCN(c2ccc(NC(=O)c3ccccc3F)cc2)CC1. The number of benzene rings is 2. The third-order valence-corrected chi connectivity index (χ3v) is 4.38. The van der Waals surface area contributed by atoms with Gasteiger partial charge in [0.1, 0.15) is 5.82 Å². The van der Waals surface area contributed by atoms with Crippen molar-refractivity contribution in [1.82, 2.24) is 0 Å². The third kappa shape index (κ3) is 3.74. The molecule has 1 aliphatic heterocycles. The Bertz CT molecular complexity index is 695. The molecule has 0 spiro atoms. The van der Waals surface area contributed by atoms with Gasteiger partial charge in [-0.25, -0.2) is 4.39 Å². The van der Waals surface area contributed by atoms with Crippen LogP contribution in [0.4, 0.5) is 15.8 Å². The lowest BCUT2D eigenvalue weighted by Gasteiger charge is -2.33. The van der Waals surface area contributed by atoms with Gasteiger partial charge in [0.2, 0.25) is 0 Å². The number of anilines is 2. The van der Waals surface area contributed by atoms with E-state index in [2.05, 4.69) is 10.2 Å². The number of methoxy groups -OCH3 is 1. The molecular weight excluding hydrogens is 307 g/mol. The molecule has 1 fully saturated rings. The van der Waals surface area contributed by atoms with Crippen molar-refractivity contribution < 1.29 is 13.9 Å². The number of hydrogen-bond donors (Lipinski definition) is 1. The van der Waals surface area contributed by atoms with Crippen LogP contribution in [-0.4, -0.2) is 32.2 Å². The topological polar surface area (TPSA) is 41.6 Å². The summed E-state index contributed by atoms with van der Waals surface area (Å²) in [4.78, 5) is 14.4. The van der Waals surface area contributed by atoms with Gasteiger partial charge in [-0.3, -0.25) is 4.79 Å². The van der Waals surface area contributed by atoms with E-state index >= 15 is 0 Å². The fraction of sp³-hybridized carbons (Fsp3) is 0.316. The van der Waals surface area contributed by atoms with Gasteiger partial charge in [0, 0.05) is 31.6 Å². The number of rotatable bonds is 4. The van der Waals surface area contributed by atoms with Crippen LogP contribution in [0.2, 0.25) is 0 Å². The summed E-state index contributed by atoms with van der Waals surface area (Å²) >= 11 is 0. The van der Waals surface area contributed by atoms with E-state index in [0.29, 0.717) is 11.8 Å². The maximum Gasteiger partial charge on any atom is 0.258 e. The van der Waals surface area contributed by atoms with Crippen molar-refractivity contribution in [2.24, 2.45) is 0 Å². The van der Waals surface area contributed by atoms with Gasteiger partial charge in [0.15, 0.2) is 0 Å². The normalized spacial score (nSPS) is 15.3. The summed E-state index contributed by atoms with van der Waals surface area (Å²) in [6.07, 6.45) is 2.38. The van der Waals surface area contributed by atoms with E-state index in [4.69, 9.17) is 4.74 Å². The Morgan fingerprint density at radius 3 is 2.42 bits per heavy atom. The highest BCUT2D eigenvalue weighted by Gasteiger charge is 2.19. The van der Waals surface area contributed by atoms with Gasteiger partial charge in [0.05, 0.1) is 11.7 Å². The second-order valence-corrected chi connectivity index (χ2v) is 5.90. The molecule has 1 amide bonds. The Hall–Kier alpha value is -2.40. The molecule has 1 saturated heterocycles. The standard InChI is InChI=1S/C19H21FN2O2/c1-24-16-10-12-22(13-11-16)15-8-6-14(7-9-15)21-19(23)17-4-2-3-5-18(17)20/h2-9,16H,10-13H2,1H3,(H,21,23). The minimum atomic E-state index is -0.521. The van der Waals surface area contributed by atoms with Crippen molar-refractivity contribution in [3.63, 3.8) is 0 Å². The molecule has 0 aliphatic carbocycles. The molecule has 5 heteroatoms. The number of piperidine rings is 1. The highest BCUT2D eigenvalue weighted by atomic mass is 19.1. The molecule has 1 N–H and O–H groups in total. The predicted octanol–water partition coefficient (Wildman–Crippen LogP) is 3.69. The number of hydrogen-bond acceptors (Lipinski definition) is 3. The Morgan fingerprint density at radius 1 is 1.12 bits per heavy atom. The Labute approximate surface area is 141 Å². The van der Waals surface area contributed by atoms with Crippen molar-refractivity contribution >= 4 is 17.3 Å². The Balaban J connectivity index is 1.63. The lowest BCUT2D eigenvalue weighted by atomic mass is 10.1. The van der Waals surface area contributed by atoms with Gasteiger partial charge in [-0.2, -0.15) is 0 Å². The molecule has 0 bridgehead atoms. The fourth-order valence-corrected chi connectivity index (χ4v) is 2.95. The highest BCUT2D eigenvalue weighted by Crippen LogP contribution is 2.23. The van der Waals surface area contributed by atoms with Gasteiger partial charge in [0.25, 0.3) is 5.91 Å². The zero-order valence-electron chi connectivity index (χ0n) is 13.7. The summed E-state index contributed by atoms with van der Waals surface area (Å²) in [6.45, 7) is 1.92. The van der Waals surface area contributed by atoms with Crippen LogP contribution in [0.15, 0.2) is 48.5 Å². The first-order valence-corrected chi connectivity index (χ1v) is 8.11. The lowest BCUT2D eigenvalue weighted by molar-refractivity contribution is 0.0819. The van der Waals surface area contributed by atoms with Crippen molar-refractivity contribution in [2.75, 3.05) is 30.4 Å². The summed E-state index contributed by atoms with van der Waals surface area (Å²) in [5, 5.41) is 2.73. The lowest BCUT2D eigenvalue weighted by Crippen LogP contribution is -2.36. The number of ether oxygens (including phenoxy) is 1. The summed E-state index contributed by atoms with van der Waals surface area (Å²) < 4.78 is 19.0. The van der Waals surface area contributed by atoms with Gasteiger partial charge in [-0.05, 0) is 49.2 Å². The van der Waals surface area contributed by atoms with Crippen molar-refractivity contribution in [3.05, 3.63) is 59.9 Å². The molecule has 2 aromatic carbocycles. The molecule has 0 unspecified atom stereocenters. The van der Waals surface area contributed by atoms with Crippen molar-refractivity contribution in [3.8, 4) is 0 Å². The summed E-state index contributed by atoms with van der Waals surface area (Å²) in [6, 6.07) is 13.6. The molecule has 0 saturated carbocycles. The summed E-state index contributed by atoms with van der Waals surface area (Å²) in [7, 11) is 1.76. The Morgan fingerprint density at radius 2 is 1.79 bits per heavy atom. The zero-order chi connectivity index (χ0) is 16.9. The highest BCUT2D eigenvalue weighted by molar-refractivity contribution is 6.04. The van der Waals surface area contributed by atoms with Crippen LogP contribution >= 0.6 is 0 Å². The summed E-state index contributed by atoms with van der Waals surface area (Å²) in [5.74, 6) is -0.964. The van der Waals surface area contributed by atoms with Gasteiger partial charge >= 0.3 is 0 Å². The average molecular weight is 328 g/mol. The van der Waals surface area contributed by atoms with Gasteiger partial charge in [-0.15, -0.1) is 0 Å². The number of carbonyl (C=O) groups excluding carboxylic acids is 1. The quantitative estimate of drug-likeness (QED) is 0.930. The number of amides is 1. The second kappa shape index (κ2) is 7.45.